The molecule has 0 aromatic heterocycles. The van der Waals surface area contributed by atoms with E-state index >= 15 is 0 Å². The fourth-order valence-electron chi connectivity index (χ4n) is 1.45. The zero-order valence-electron chi connectivity index (χ0n) is 9.42. The number of benzene rings is 1. The molecule has 1 rings (SSSR count). The first-order valence-corrected chi connectivity index (χ1v) is 4.93. The van der Waals surface area contributed by atoms with E-state index in [1.54, 1.807) is 6.92 Å². The second-order valence-electron chi connectivity index (χ2n) is 3.85. The number of hydrogen-bond donors (Lipinski definition) is 2. The highest BCUT2D eigenvalue weighted by Crippen LogP contribution is 2.18. The molecule has 0 aliphatic heterocycles. The smallest absolute Gasteiger partial charge is 0.134 e. The highest BCUT2D eigenvalue weighted by atomic mass is 16.1. The third-order valence-electron chi connectivity index (χ3n) is 2.19. The summed E-state index contributed by atoms with van der Waals surface area (Å²) in [6.45, 7) is 8.88. The van der Waals surface area contributed by atoms with Gasteiger partial charge in [0.2, 0.25) is 0 Å². The second kappa shape index (κ2) is 4.66. The summed E-state index contributed by atoms with van der Waals surface area (Å²) >= 11 is 0. The van der Waals surface area contributed by atoms with E-state index in [-0.39, 0.29) is 5.78 Å². The quantitative estimate of drug-likeness (QED) is 0.804. The topological polar surface area (TPSA) is 69.1 Å². The van der Waals surface area contributed by atoms with Crippen LogP contribution in [0.4, 0.5) is 0 Å². The Morgan fingerprint density at radius 1 is 1.12 bits per heavy atom. The molecular formula is C13H16N2O. The molecule has 16 heavy (non-hydrogen) atoms. The Morgan fingerprint density at radius 3 is 1.88 bits per heavy atom. The monoisotopic (exact) mass is 216 g/mol. The summed E-state index contributed by atoms with van der Waals surface area (Å²) in [5.41, 5.74) is 14.6. The number of hydrogen-bond acceptors (Lipinski definition) is 3. The molecule has 0 heterocycles. The molecule has 0 amide bonds. The van der Waals surface area contributed by atoms with E-state index in [2.05, 4.69) is 13.2 Å². The molecular weight excluding hydrogens is 200 g/mol. The molecule has 1 aromatic carbocycles. The first-order chi connectivity index (χ1) is 7.40. The van der Waals surface area contributed by atoms with Crippen LogP contribution in [-0.2, 0) is 11.2 Å². The molecule has 0 fully saturated rings. The minimum atomic E-state index is 0.0911. The summed E-state index contributed by atoms with van der Waals surface area (Å²) in [4.78, 5) is 11.1. The van der Waals surface area contributed by atoms with Crippen molar-refractivity contribution in [3.63, 3.8) is 0 Å². The van der Waals surface area contributed by atoms with Gasteiger partial charge in [-0.15, -0.1) is 0 Å². The molecule has 3 heteroatoms. The molecule has 0 atom stereocenters. The first-order valence-electron chi connectivity index (χ1n) is 4.93. The average molecular weight is 216 g/mol. The average Bonchev–Trinajstić information content (AvgIpc) is 2.15. The maximum Gasteiger partial charge on any atom is 0.134 e. The highest BCUT2D eigenvalue weighted by molar-refractivity contribution is 5.79. The summed E-state index contributed by atoms with van der Waals surface area (Å²) in [6.07, 6.45) is 0.362. The second-order valence-corrected chi connectivity index (χ2v) is 3.85. The standard InChI is InChI=1S/C13H16N2O/c1-8(16)4-11-5-12(9(2)14)7-13(6-11)10(3)15/h5-7H,2-4,14-15H2,1H3. The lowest BCUT2D eigenvalue weighted by Gasteiger charge is -2.08. The molecule has 0 unspecified atom stereocenters. The van der Waals surface area contributed by atoms with Gasteiger partial charge in [-0.1, -0.05) is 13.2 Å². The van der Waals surface area contributed by atoms with Crippen molar-refractivity contribution in [2.24, 2.45) is 11.5 Å². The van der Waals surface area contributed by atoms with Crippen LogP contribution in [0.5, 0.6) is 0 Å². The number of carbonyl (C=O) groups excluding carboxylic acids is 1. The number of Topliss-reactive ketones (excluding diaryl/α,β-unsaturated/α-hetero) is 1. The van der Waals surface area contributed by atoms with Gasteiger partial charge in [0.25, 0.3) is 0 Å². The molecule has 1 aromatic rings. The summed E-state index contributed by atoms with van der Waals surface area (Å²) in [6, 6.07) is 5.50. The summed E-state index contributed by atoms with van der Waals surface area (Å²) in [7, 11) is 0. The lowest BCUT2D eigenvalue weighted by molar-refractivity contribution is -0.116. The highest BCUT2D eigenvalue weighted by Gasteiger charge is 2.05. The lowest BCUT2D eigenvalue weighted by atomic mass is 10.00. The van der Waals surface area contributed by atoms with E-state index in [4.69, 9.17) is 11.5 Å². The fraction of sp³-hybridized carbons (Fsp3) is 0.154. The number of rotatable bonds is 4. The van der Waals surface area contributed by atoms with Crippen LogP contribution in [0.15, 0.2) is 31.4 Å². The van der Waals surface area contributed by atoms with Crippen molar-refractivity contribution in [3.8, 4) is 0 Å². The number of ketones is 1. The van der Waals surface area contributed by atoms with E-state index in [0.29, 0.717) is 17.8 Å². The van der Waals surface area contributed by atoms with Crippen LogP contribution in [-0.4, -0.2) is 5.78 Å². The van der Waals surface area contributed by atoms with E-state index in [9.17, 15) is 4.79 Å². The Balaban J connectivity index is 3.23. The van der Waals surface area contributed by atoms with Gasteiger partial charge in [-0.2, -0.15) is 0 Å². The van der Waals surface area contributed by atoms with Crippen molar-refractivity contribution < 1.29 is 4.79 Å². The number of nitrogens with two attached hydrogens (primary N) is 2. The largest absolute Gasteiger partial charge is 0.399 e. The predicted molar refractivity (Wildman–Crippen MR) is 67.3 cm³/mol. The van der Waals surface area contributed by atoms with Gasteiger partial charge < -0.3 is 11.5 Å². The molecule has 0 saturated carbocycles. The van der Waals surface area contributed by atoms with Crippen LogP contribution in [0.1, 0.15) is 23.6 Å². The van der Waals surface area contributed by atoms with Crippen LogP contribution in [0.3, 0.4) is 0 Å². The zero-order chi connectivity index (χ0) is 12.3. The summed E-state index contributed by atoms with van der Waals surface area (Å²) in [5, 5.41) is 0. The van der Waals surface area contributed by atoms with Gasteiger partial charge in [-0.25, -0.2) is 0 Å². The SMILES string of the molecule is C=C(N)c1cc(CC(C)=O)cc(C(=C)N)c1. The van der Waals surface area contributed by atoms with E-state index in [1.165, 1.54) is 0 Å². The van der Waals surface area contributed by atoms with Crippen LogP contribution in [0.2, 0.25) is 0 Å². The van der Waals surface area contributed by atoms with Gasteiger partial charge in [-0.3, -0.25) is 4.79 Å². The van der Waals surface area contributed by atoms with E-state index in [1.807, 2.05) is 18.2 Å². The molecule has 0 spiro atoms. The molecule has 4 N–H and O–H groups in total. The molecule has 0 bridgehead atoms. The molecule has 0 aliphatic rings. The van der Waals surface area contributed by atoms with Gasteiger partial charge in [0.1, 0.15) is 5.78 Å². The Labute approximate surface area is 95.4 Å². The van der Waals surface area contributed by atoms with Crippen molar-refractivity contribution in [2.45, 2.75) is 13.3 Å². The summed E-state index contributed by atoms with van der Waals surface area (Å²) < 4.78 is 0. The van der Waals surface area contributed by atoms with Gasteiger partial charge in [0.15, 0.2) is 0 Å². The molecule has 3 nitrogen and oxygen atoms in total. The number of carbonyl (C=O) groups is 1. The Kier molecular flexibility index (Phi) is 3.51. The van der Waals surface area contributed by atoms with Crippen molar-refractivity contribution >= 4 is 17.2 Å². The maximum absolute atomic E-state index is 11.1. The van der Waals surface area contributed by atoms with Gasteiger partial charge in [0.05, 0.1) is 0 Å². The van der Waals surface area contributed by atoms with Crippen LogP contribution in [0, 0.1) is 0 Å². The Hall–Kier alpha value is -2.03. The minimum Gasteiger partial charge on any atom is -0.399 e. The van der Waals surface area contributed by atoms with Crippen molar-refractivity contribution in [1.29, 1.82) is 0 Å². The van der Waals surface area contributed by atoms with Crippen molar-refractivity contribution in [1.82, 2.24) is 0 Å². The first kappa shape index (κ1) is 12.0. The Bertz CT molecular complexity index is 429. The fourth-order valence-corrected chi connectivity index (χ4v) is 1.45. The Morgan fingerprint density at radius 2 is 1.56 bits per heavy atom. The predicted octanol–water partition coefficient (Wildman–Crippen LogP) is 1.68. The van der Waals surface area contributed by atoms with Gasteiger partial charge in [0, 0.05) is 17.8 Å². The van der Waals surface area contributed by atoms with Crippen LogP contribution >= 0.6 is 0 Å². The zero-order valence-corrected chi connectivity index (χ0v) is 9.42. The van der Waals surface area contributed by atoms with E-state index < -0.39 is 0 Å². The lowest BCUT2D eigenvalue weighted by Crippen LogP contribution is -2.03. The molecule has 0 radical (unpaired) electrons. The third-order valence-corrected chi connectivity index (χ3v) is 2.19. The third kappa shape index (κ3) is 2.98. The normalized spacial score (nSPS) is 9.81. The van der Waals surface area contributed by atoms with Crippen LogP contribution < -0.4 is 11.5 Å². The van der Waals surface area contributed by atoms with Gasteiger partial charge >= 0.3 is 0 Å². The van der Waals surface area contributed by atoms with Crippen molar-refractivity contribution in [2.75, 3.05) is 0 Å². The van der Waals surface area contributed by atoms with Crippen LogP contribution in [0.25, 0.3) is 11.4 Å². The maximum atomic E-state index is 11.1. The van der Waals surface area contributed by atoms with Gasteiger partial charge in [-0.05, 0) is 41.8 Å². The molecule has 84 valence electrons. The molecule has 0 aliphatic carbocycles. The van der Waals surface area contributed by atoms with E-state index in [0.717, 1.165) is 16.7 Å². The van der Waals surface area contributed by atoms with Crippen molar-refractivity contribution in [3.05, 3.63) is 48.0 Å². The minimum absolute atomic E-state index is 0.0911. The molecule has 0 saturated heterocycles. The summed E-state index contributed by atoms with van der Waals surface area (Å²) in [5.74, 6) is 0.0911.